The number of hydrogen-bond acceptors (Lipinski definition) is 3. The van der Waals surface area contributed by atoms with Crippen molar-refractivity contribution >= 4 is 27.5 Å². The summed E-state index contributed by atoms with van der Waals surface area (Å²) in [5.74, 6) is 0.775. The summed E-state index contributed by atoms with van der Waals surface area (Å²) in [5, 5.41) is 2.61. The van der Waals surface area contributed by atoms with Crippen molar-refractivity contribution in [1.82, 2.24) is 4.98 Å². The molecule has 0 aliphatic heterocycles. The minimum absolute atomic E-state index is 0.0932. The Bertz CT molecular complexity index is 687. The van der Waals surface area contributed by atoms with Gasteiger partial charge in [0.2, 0.25) is 5.56 Å². The first-order valence-electron chi connectivity index (χ1n) is 6.07. The van der Waals surface area contributed by atoms with Crippen molar-refractivity contribution < 1.29 is 8.95 Å². The standard InChI is InChI=1S/C14H15NO3S/c1-10-8-14(16)15-13-5-4-11(9-12(10)13)18-6-2-3-7-19-17/h4-5,7-9H,2-3,6H2,1H3,(H,15,16). The van der Waals surface area contributed by atoms with Crippen LogP contribution in [0.4, 0.5) is 0 Å². The summed E-state index contributed by atoms with van der Waals surface area (Å²) >= 11 is 0.489. The van der Waals surface area contributed by atoms with Crippen LogP contribution >= 0.6 is 0 Å². The summed E-state index contributed by atoms with van der Waals surface area (Å²) < 4.78 is 15.8. The van der Waals surface area contributed by atoms with Crippen molar-refractivity contribution in [2.45, 2.75) is 19.8 Å². The lowest BCUT2D eigenvalue weighted by molar-refractivity contribution is 0.314. The van der Waals surface area contributed by atoms with Gasteiger partial charge in [-0.05, 0) is 43.5 Å². The highest BCUT2D eigenvalue weighted by Crippen LogP contribution is 2.21. The molecule has 0 amide bonds. The van der Waals surface area contributed by atoms with E-state index in [-0.39, 0.29) is 5.56 Å². The molecule has 5 heteroatoms. The Kier molecular flexibility index (Phi) is 4.52. The summed E-state index contributed by atoms with van der Waals surface area (Å²) in [6.45, 7) is 2.48. The third-order valence-electron chi connectivity index (χ3n) is 2.82. The number of nitrogens with one attached hydrogen (secondary N) is 1. The lowest BCUT2D eigenvalue weighted by atomic mass is 10.1. The lowest BCUT2D eigenvalue weighted by Gasteiger charge is -2.07. The van der Waals surface area contributed by atoms with E-state index in [1.165, 1.54) is 0 Å². The molecule has 1 aromatic carbocycles. The second-order valence-corrected chi connectivity index (χ2v) is 4.80. The fourth-order valence-corrected chi connectivity index (χ4v) is 2.16. The van der Waals surface area contributed by atoms with Crippen LogP contribution in [0.2, 0.25) is 0 Å². The summed E-state index contributed by atoms with van der Waals surface area (Å²) in [5.41, 5.74) is 1.65. The van der Waals surface area contributed by atoms with Gasteiger partial charge in [0.1, 0.15) is 5.75 Å². The average Bonchev–Trinajstić information content (AvgIpc) is 2.39. The van der Waals surface area contributed by atoms with Gasteiger partial charge in [0.25, 0.3) is 0 Å². The van der Waals surface area contributed by atoms with Gasteiger partial charge < -0.3 is 9.72 Å². The zero-order valence-electron chi connectivity index (χ0n) is 10.6. The zero-order chi connectivity index (χ0) is 13.7. The Balaban J connectivity index is 2.13. The molecule has 2 rings (SSSR count). The molecule has 0 fully saturated rings. The van der Waals surface area contributed by atoms with E-state index in [1.807, 2.05) is 25.1 Å². The lowest BCUT2D eigenvalue weighted by Crippen LogP contribution is -2.05. The maximum Gasteiger partial charge on any atom is 0.248 e. The number of rotatable bonds is 5. The van der Waals surface area contributed by atoms with Crippen LogP contribution in [0.1, 0.15) is 18.4 Å². The van der Waals surface area contributed by atoms with Crippen molar-refractivity contribution in [2.75, 3.05) is 6.61 Å². The van der Waals surface area contributed by atoms with Gasteiger partial charge in [0.05, 0.1) is 17.9 Å². The van der Waals surface area contributed by atoms with Crippen molar-refractivity contribution in [2.24, 2.45) is 0 Å². The average molecular weight is 277 g/mol. The van der Waals surface area contributed by atoms with Crippen LogP contribution in [-0.4, -0.2) is 21.2 Å². The van der Waals surface area contributed by atoms with Crippen LogP contribution < -0.4 is 10.3 Å². The minimum Gasteiger partial charge on any atom is -0.494 e. The SMILES string of the molecule is Cc1cc(=O)[nH]c2ccc(OCCCC=S=O)cc12. The second kappa shape index (κ2) is 6.33. The first-order chi connectivity index (χ1) is 9.20. The predicted molar refractivity (Wildman–Crippen MR) is 78.2 cm³/mol. The highest BCUT2D eigenvalue weighted by atomic mass is 32.1. The van der Waals surface area contributed by atoms with Gasteiger partial charge in [-0.15, -0.1) is 0 Å². The van der Waals surface area contributed by atoms with E-state index in [4.69, 9.17) is 4.74 Å². The molecule has 0 bridgehead atoms. The smallest absolute Gasteiger partial charge is 0.248 e. The van der Waals surface area contributed by atoms with Crippen molar-refractivity contribution in [1.29, 1.82) is 0 Å². The molecule has 0 aliphatic rings. The highest BCUT2D eigenvalue weighted by molar-refractivity contribution is 7.64. The molecule has 4 nitrogen and oxygen atoms in total. The molecule has 1 aromatic heterocycles. The van der Waals surface area contributed by atoms with Gasteiger partial charge in [-0.25, -0.2) is 4.21 Å². The van der Waals surface area contributed by atoms with Gasteiger partial charge in [-0.1, -0.05) is 0 Å². The van der Waals surface area contributed by atoms with E-state index in [2.05, 4.69) is 4.98 Å². The van der Waals surface area contributed by atoms with Gasteiger partial charge in [0, 0.05) is 22.3 Å². The van der Waals surface area contributed by atoms with Gasteiger partial charge >= 0.3 is 0 Å². The summed E-state index contributed by atoms with van der Waals surface area (Å²) in [6.07, 6.45) is 1.56. The molecule has 1 heterocycles. The van der Waals surface area contributed by atoms with E-state index in [9.17, 15) is 9.00 Å². The number of H-pyrrole nitrogens is 1. The van der Waals surface area contributed by atoms with Crippen LogP contribution in [-0.2, 0) is 11.3 Å². The van der Waals surface area contributed by atoms with E-state index in [0.717, 1.165) is 35.1 Å². The molecule has 0 saturated heterocycles. The third kappa shape index (κ3) is 3.54. The first kappa shape index (κ1) is 13.5. The normalized spacial score (nSPS) is 10.4. The third-order valence-corrected chi connectivity index (χ3v) is 3.20. The number of aromatic amines is 1. The Hall–Kier alpha value is -1.88. The van der Waals surface area contributed by atoms with Gasteiger partial charge in [-0.3, -0.25) is 4.79 Å². The van der Waals surface area contributed by atoms with Crippen LogP contribution in [0.3, 0.4) is 0 Å². The van der Waals surface area contributed by atoms with Crippen LogP contribution in [0.25, 0.3) is 10.9 Å². The van der Waals surface area contributed by atoms with Crippen molar-refractivity contribution in [3.8, 4) is 5.75 Å². The van der Waals surface area contributed by atoms with Crippen LogP contribution in [0.15, 0.2) is 29.1 Å². The Morgan fingerprint density at radius 2 is 2.21 bits per heavy atom. The number of benzene rings is 1. The maximum atomic E-state index is 11.3. The molecule has 2 aromatic rings. The number of aryl methyl sites for hydroxylation is 1. The molecule has 0 radical (unpaired) electrons. The molecule has 0 spiro atoms. The topological polar surface area (TPSA) is 59.2 Å². The van der Waals surface area contributed by atoms with E-state index >= 15 is 0 Å². The van der Waals surface area contributed by atoms with Crippen molar-refractivity contribution in [3.05, 3.63) is 40.2 Å². The number of hydrogen-bond donors (Lipinski definition) is 1. The number of aromatic nitrogens is 1. The molecule has 100 valence electrons. The fourth-order valence-electron chi connectivity index (χ4n) is 1.90. The number of fused-ring (bicyclic) bond motifs is 1. The monoisotopic (exact) mass is 277 g/mol. The number of pyridine rings is 1. The number of unbranched alkanes of at least 4 members (excludes halogenated alkanes) is 1. The molecule has 0 aliphatic carbocycles. The molecule has 0 atom stereocenters. The fraction of sp³-hybridized carbons (Fsp3) is 0.286. The van der Waals surface area contributed by atoms with E-state index in [1.54, 1.807) is 11.4 Å². The van der Waals surface area contributed by atoms with Crippen LogP contribution in [0, 0.1) is 6.92 Å². The molecule has 1 N–H and O–H groups in total. The molecule has 0 unspecified atom stereocenters. The quantitative estimate of drug-likeness (QED) is 0.672. The first-order valence-corrected chi connectivity index (χ1v) is 6.88. The second-order valence-electron chi connectivity index (χ2n) is 4.28. The minimum atomic E-state index is -0.0932. The largest absolute Gasteiger partial charge is 0.494 e. The summed E-state index contributed by atoms with van der Waals surface area (Å²) in [4.78, 5) is 14.1. The van der Waals surface area contributed by atoms with Gasteiger partial charge in [-0.2, -0.15) is 0 Å². The molecule has 19 heavy (non-hydrogen) atoms. The maximum absolute atomic E-state index is 11.3. The summed E-state index contributed by atoms with van der Waals surface area (Å²) in [7, 11) is 0. The summed E-state index contributed by atoms with van der Waals surface area (Å²) in [6, 6.07) is 7.18. The van der Waals surface area contributed by atoms with Crippen LogP contribution in [0.5, 0.6) is 5.75 Å². The molecular formula is C14H15NO3S. The van der Waals surface area contributed by atoms with Gasteiger partial charge in [0.15, 0.2) is 0 Å². The Labute approximate surface area is 114 Å². The van der Waals surface area contributed by atoms with E-state index in [0.29, 0.717) is 17.9 Å². The van der Waals surface area contributed by atoms with Crippen molar-refractivity contribution in [3.63, 3.8) is 0 Å². The molecule has 0 saturated carbocycles. The Morgan fingerprint density at radius 1 is 1.37 bits per heavy atom. The zero-order valence-corrected chi connectivity index (χ0v) is 11.5. The number of ether oxygens (including phenoxy) is 1. The highest BCUT2D eigenvalue weighted by Gasteiger charge is 2.02. The van der Waals surface area contributed by atoms with E-state index < -0.39 is 0 Å². The predicted octanol–water partition coefficient (Wildman–Crippen LogP) is 2.01. The molecular weight excluding hydrogens is 262 g/mol. The Morgan fingerprint density at radius 3 is 3.00 bits per heavy atom.